The van der Waals surface area contributed by atoms with Crippen LogP contribution in [-0.4, -0.2) is 38.2 Å². The number of Topliss-reactive ketones (excluding diaryl/α,β-unsaturated/α-hetero) is 1. The fraction of sp³-hybridized carbons (Fsp3) is 0.364. The molecule has 0 N–H and O–H groups in total. The van der Waals surface area contributed by atoms with Gasteiger partial charge in [0.2, 0.25) is 0 Å². The lowest BCUT2D eigenvalue weighted by Crippen LogP contribution is -2.06. The first-order valence-electron chi connectivity index (χ1n) is 10.2. The van der Waals surface area contributed by atoms with E-state index in [1.807, 2.05) is 33.9 Å². The molecule has 0 bridgehead atoms. The van der Waals surface area contributed by atoms with Crippen molar-refractivity contribution in [2.45, 2.75) is 44.2 Å². The van der Waals surface area contributed by atoms with Crippen LogP contribution in [0.2, 0.25) is 0 Å². The van der Waals surface area contributed by atoms with Crippen LogP contribution in [0.5, 0.6) is 5.75 Å². The molecular formula is C22H22N4O2S2. The molecule has 154 valence electrons. The molecule has 0 radical (unpaired) electrons. The van der Waals surface area contributed by atoms with Crippen molar-refractivity contribution in [1.29, 1.82) is 0 Å². The van der Waals surface area contributed by atoms with E-state index in [9.17, 15) is 4.79 Å². The van der Waals surface area contributed by atoms with Crippen LogP contribution in [-0.2, 0) is 19.3 Å². The average Bonchev–Trinajstić information content (AvgIpc) is 3.37. The average molecular weight is 439 g/mol. The molecule has 4 aromatic rings. The Hall–Kier alpha value is -2.45. The van der Waals surface area contributed by atoms with E-state index in [-0.39, 0.29) is 11.5 Å². The maximum Gasteiger partial charge on any atom is 0.197 e. The van der Waals surface area contributed by atoms with Gasteiger partial charge in [0.1, 0.15) is 16.4 Å². The molecule has 1 aliphatic rings. The van der Waals surface area contributed by atoms with E-state index in [0.29, 0.717) is 11.3 Å². The largest absolute Gasteiger partial charge is 0.497 e. The van der Waals surface area contributed by atoms with E-state index in [0.717, 1.165) is 46.1 Å². The molecule has 3 heterocycles. The molecule has 0 unspecified atom stereocenters. The maximum atomic E-state index is 12.7. The molecule has 0 saturated carbocycles. The highest BCUT2D eigenvalue weighted by Gasteiger charge is 2.23. The molecule has 0 aliphatic heterocycles. The van der Waals surface area contributed by atoms with E-state index >= 15 is 0 Å². The minimum atomic E-state index is 0.0376. The molecule has 1 aromatic carbocycles. The predicted molar refractivity (Wildman–Crippen MR) is 120 cm³/mol. The number of ether oxygens (including phenoxy) is 1. The summed E-state index contributed by atoms with van der Waals surface area (Å²) in [5.41, 5.74) is 2.92. The van der Waals surface area contributed by atoms with Gasteiger partial charge in [-0.05, 0) is 43.4 Å². The maximum absolute atomic E-state index is 12.7. The summed E-state index contributed by atoms with van der Waals surface area (Å²) < 4.78 is 7.28. The molecule has 5 rings (SSSR count). The third-order valence-corrected chi connectivity index (χ3v) is 7.65. The summed E-state index contributed by atoms with van der Waals surface area (Å²) >= 11 is 3.22. The Morgan fingerprint density at radius 1 is 1.27 bits per heavy atom. The van der Waals surface area contributed by atoms with Crippen molar-refractivity contribution in [3.63, 3.8) is 0 Å². The Labute approximate surface area is 182 Å². The molecule has 0 fully saturated rings. The van der Waals surface area contributed by atoms with Crippen LogP contribution >= 0.6 is 23.1 Å². The quantitative estimate of drug-likeness (QED) is 0.319. The van der Waals surface area contributed by atoms with Crippen LogP contribution in [0.4, 0.5) is 0 Å². The van der Waals surface area contributed by atoms with Gasteiger partial charge in [0.25, 0.3) is 0 Å². The summed E-state index contributed by atoms with van der Waals surface area (Å²) in [5, 5.41) is 10.9. The normalized spacial score (nSPS) is 13.7. The second-order valence-electron chi connectivity index (χ2n) is 7.36. The van der Waals surface area contributed by atoms with Gasteiger partial charge in [-0.2, -0.15) is 0 Å². The Kier molecular flexibility index (Phi) is 5.20. The van der Waals surface area contributed by atoms with Crippen molar-refractivity contribution in [3.8, 4) is 5.75 Å². The van der Waals surface area contributed by atoms with Gasteiger partial charge in [0.05, 0.1) is 18.2 Å². The van der Waals surface area contributed by atoms with Crippen LogP contribution in [0.15, 0.2) is 29.4 Å². The number of hydrogen-bond acceptors (Lipinski definition) is 7. The van der Waals surface area contributed by atoms with Crippen molar-refractivity contribution in [1.82, 2.24) is 19.6 Å². The number of benzene rings is 1. The van der Waals surface area contributed by atoms with Crippen LogP contribution < -0.4 is 4.74 Å². The number of carbonyl (C=O) groups is 1. The summed E-state index contributed by atoms with van der Waals surface area (Å²) in [6.07, 6.45) is 5.46. The zero-order valence-corrected chi connectivity index (χ0v) is 18.6. The Bertz CT molecular complexity index is 1260. The minimum Gasteiger partial charge on any atom is -0.497 e. The molecule has 3 aromatic heterocycles. The topological polar surface area (TPSA) is 69.4 Å². The molecule has 0 saturated heterocycles. The summed E-state index contributed by atoms with van der Waals surface area (Å²) in [5.74, 6) is 1.95. The summed E-state index contributed by atoms with van der Waals surface area (Å²) in [6, 6.07) is 7.25. The number of rotatable bonds is 6. The van der Waals surface area contributed by atoms with Crippen LogP contribution in [0.1, 0.15) is 46.4 Å². The zero-order chi connectivity index (χ0) is 20.7. The highest BCUT2D eigenvalue weighted by atomic mass is 32.2. The lowest BCUT2D eigenvalue weighted by Gasteiger charge is -2.11. The van der Waals surface area contributed by atoms with Crippen molar-refractivity contribution < 1.29 is 9.53 Å². The second-order valence-corrected chi connectivity index (χ2v) is 9.38. The Morgan fingerprint density at radius 2 is 2.13 bits per heavy atom. The van der Waals surface area contributed by atoms with Gasteiger partial charge >= 0.3 is 0 Å². The highest BCUT2D eigenvalue weighted by molar-refractivity contribution is 7.99. The summed E-state index contributed by atoms with van der Waals surface area (Å²) in [7, 11) is 1.60. The third kappa shape index (κ3) is 3.28. The molecule has 0 atom stereocenters. The molecule has 0 spiro atoms. The van der Waals surface area contributed by atoms with Gasteiger partial charge in [0.15, 0.2) is 16.6 Å². The Morgan fingerprint density at radius 3 is 2.97 bits per heavy atom. The van der Waals surface area contributed by atoms with E-state index < -0.39 is 0 Å². The van der Waals surface area contributed by atoms with E-state index in [2.05, 4.69) is 17.1 Å². The number of aryl methyl sites for hydroxylation is 3. The summed E-state index contributed by atoms with van der Waals surface area (Å²) in [4.78, 5) is 20.2. The van der Waals surface area contributed by atoms with Gasteiger partial charge in [-0.15, -0.1) is 21.5 Å². The molecule has 8 heteroatoms. The van der Waals surface area contributed by atoms with Gasteiger partial charge in [0, 0.05) is 16.9 Å². The fourth-order valence-corrected chi connectivity index (χ4v) is 6.15. The lowest BCUT2D eigenvalue weighted by molar-refractivity contribution is 0.102. The molecule has 1 aliphatic carbocycles. The van der Waals surface area contributed by atoms with Crippen molar-refractivity contribution >= 4 is 44.7 Å². The zero-order valence-electron chi connectivity index (χ0n) is 17.0. The fourth-order valence-electron chi connectivity index (χ4n) is 4.03. The smallest absolute Gasteiger partial charge is 0.197 e. The number of fused-ring (bicyclic) bond motifs is 5. The molecule has 6 nitrogen and oxygen atoms in total. The monoisotopic (exact) mass is 438 g/mol. The van der Waals surface area contributed by atoms with E-state index in [1.54, 1.807) is 13.2 Å². The van der Waals surface area contributed by atoms with Crippen LogP contribution in [0, 0.1) is 0 Å². The first kappa shape index (κ1) is 19.5. The number of nitrogens with zero attached hydrogens (tertiary/aromatic N) is 4. The number of ketones is 1. The summed E-state index contributed by atoms with van der Waals surface area (Å²) in [6.45, 7) is 2.09. The van der Waals surface area contributed by atoms with Gasteiger partial charge < -0.3 is 4.74 Å². The van der Waals surface area contributed by atoms with Gasteiger partial charge in [-0.25, -0.2) is 4.98 Å². The van der Waals surface area contributed by atoms with Gasteiger partial charge in [-0.1, -0.05) is 30.8 Å². The number of aromatic nitrogens is 4. The predicted octanol–water partition coefficient (Wildman–Crippen LogP) is 4.76. The van der Waals surface area contributed by atoms with Gasteiger partial charge in [-0.3, -0.25) is 9.20 Å². The highest BCUT2D eigenvalue weighted by Crippen LogP contribution is 2.38. The lowest BCUT2D eigenvalue weighted by atomic mass is 9.97. The standard InChI is InChI=1S/C22H22N4O2S2/c1-3-18-23-21-19(15-9-4-5-10-17(15)30-21)20-24-25-22(26(18)20)29-12-16(27)13-7-6-8-14(11-13)28-2/h6-8,11H,3-5,9-10,12H2,1-2H3. The van der Waals surface area contributed by atoms with Crippen molar-refractivity contribution in [2.24, 2.45) is 0 Å². The number of carbonyl (C=O) groups excluding carboxylic acids is 1. The number of thiophene rings is 1. The van der Waals surface area contributed by atoms with Crippen LogP contribution in [0.25, 0.3) is 15.9 Å². The third-order valence-electron chi connectivity index (χ3n) is 5.54. The van der Waals surface area contributed by atoms with E-state index in [1.165, 1.54) is 35.0 Å². The first-order valence-corrected chi connectivity index (χ1v) is 12.0. The SMILES string of the molecule is CCc1nc2sc3c(c2c2nnc(SCC(=O)c4cccc(OC)c4)n12)CCCC3. The van der Waals surface area contributed by atoms with Crippen LogP contribution in [0.3, 0.4) is 0 Å². The molecule has 30 heavy (non-hydrogen) atoms. The molecular weight excluding hydrogens is 416 g/mol. The number of hydrogen-bond donors (Lipinski definition) is 0. The van der Waals surface area contributed by atoms with Crippen molar-refractivity contribution in [2.75, 3.05) is 12.9 Å². The molecule has 0 amide bonds. The number of methoxy groups -OCH3 is 1. The minimum absolute atomic E-state index is 0.0376. The number of thioether (sulfide) groups is 1. The van der Waals surface area contributed by atoms with E-state index in [4.69, 9.17) is 9.72 Å². The van der Waals surface area contributed by atoms with Crippen molar-refractivity contribution in [3.05, 3.63) is 46.1 Å². The first-order chi connectivity index (χ1) is 14.7. The second kappa shape index (κ2) is 8.00. The Balaban J connectivity index is 1.51.